The zero-order chi connectivity index (χ0) is 15.1. The zero-order valence-corrected chi connectivity index (χ0v) is 13.1. The highest BCUT2D eigenvalue weighted by Gasteiger charge is 2.13. The number of aryl methyl sites for hydroxylation is 1. The molecule has 1 aliphatic heterocycles. The van der Waals surface area contributed by atoms with Crippen molar-refractivity contribution in [3.8, 4) is 0 Å². The van der Waals surface area contributed by atoms with Crippen LogP contribution in [0.5, 0.6) is 0 Å². The summed E-state index contributed by atoms with van der Waals surface area (Å²) < 4.78 is 5.82. The Hall–Kier alpha value is -1.39. The van der Waals surface area contributed by atoms with Crippen molar-refractivity contribution in [2.45, 2.75) is 39.2 Å². The SMILES string of the molecule is Cc1cccc(C(=O)NCCCOC2CCNCC2)c1C. The van der Waals surface area contributed by atoms with E-state index in [0.717, 1.165) is 55.6 Å². The molecule has 1 saturated heterocycles. The van der Waals surface area contributed by atoms with Crippen LogP contribution in [0.1, 0.15) is 40.7 Å². The van der Waals surface area contributed by atoms with Gasteiger partial charge in [0.25, 0.3) is 5.91 Å². The van der Waals surface area contributed by atoms with E-state index in [1.54, 1.807) is 0 Å². The molecule has 2 rings (SSSR count). The average Bonchev–Trinajstić information content (AvgIpc) is 2.50. The van der Waals surface area contributed by atoms with E-state index in [4.69, 9.17) is 4.74 Å². The molecule has 4 heteroatoms. The number of rotatable bonds is 6. The molecule has 0 saturated carbocycles. The first-order valence-electron chi connectivity index (χ1n) is 7.85. The van der Waals surface area contributed by atoms with Crippen molar-refractivity contribution in [2.75, 3.05) is 26.2 Å². The molecule has 4 nitrogen and oxygen atoms in total. The van der Waals surface area contributed by atoms with Crippen LogP contribution in [-0.4, -0.2) is 38.3 Å². The summed E-state index contributed by atoms with van der Waals surface area (Å²) in [7, 11) is 0. The van der Waals surface area contributed by atoms with Gasteiger partial charge in [0, 0.05) is 18.7 Å². The van der Waals surface area contributed by atoms with Gasteiger partial charge in [-0.1, -0.05) is 12.1 Å². The van der Waals surface area contributed by atoms with Gasteiger partial charge >= 0.3 is 0 Å². The molecule has 0 spiro atoms. The fourth-order valence-electron chi connectivity index (χ4n) is 2.58. The van der Waals surface area contributed by atoms with Crippen molar-refractivity contribution < 1.29 is 9.53 Å². The summed E-state index contributed by atoms with van der Waals surface area (Å²) in [6, 6.07) is 5.83. The molecule has 0 aromatic heterocycles. The minimum absolute atomic E-state index is 0.0121. The maximum Gasteiger partial charge on any atom is 0.251 e. The van der Waals surface area contributed by atoms with Crippen LogP contribution in [0.25, 0.3) is 0 Å². The number of hydrogen-bond donors (Lipinski definition) is 2. The second-order valence-electron chi connectivity index (χ2n) is 5.68. The molecule has 0 radical (unpaired) electrons. The third kappa shape index (κ3) is 4.83. The number of piperidine rings is 1. The number of ether oxygens (including phenoxy) is 1. The lowest BCUT2D eigenvalue weighted by Gasteiger charge is -2.22. The van der Waals surface area contributed by atoms with Crippen molar-refractivity contribution in [3.63, 3.8) is 0 Å². The minimum Gasteiger partial charge on any atom is -0.378 e. The summed E-state index contributed by atoms with van der Waals surface area (Å²) >= 11 is 0. The van der Waals surface area contributed by atoms with E-state index < -0.39 is 0 Å². The number of amides is 1. The quantitative estimate of drug-likeness (QED) is 0.790. The topological polar surface area (TPSA) is 50.4 Å². The fourth-order valence-corrected chi connectivity index (χ4v) is 2.58. The molecule has 1 fully saturated rings. The van der Waals surface area contributed by atoms with E-state index >= 15 is 0 Å². The Bertz CT molecular complexity index is 468. The molecular weight excluding hydrogens is 264 g/mol. The average molecular weight is 290 g/mol. The largest absolute Gasteiger partial charge is 0.378 e. The van der Waals surface area contributed by atoms with Crippen LogP contribution in [0.15, 0.2) is 18.2 Å². The van der Waals surface area contributed by atoms with E-state index in [-0.39, 0.29) is 5.91 Å². The second-order valence-corrected chi connectivity index (χ2v) is 5.68. The monoisotopic (exact) mass is 290 g/mol. The predicted molar refractivity (Wildman–Crippen MR) is 84.7 cm³/mol. The number of hydrogen-bond acceptors (Lipinski definition) is 3. The van der Waals surface area contributed by atoms with Gasteiger partial charge in [0.15, 0.2) is 0 Å². The van der Waals surface area contributed by atoms with E-state index in [9.17, 15) is 4.79 Å². The molecule has 116 valence electrons. The van der Waals surface area contributed by atoms with Crippen molar-refractivity contribution in [3.05, 3.63) is 34.9 Å². The van der Waals surface area contributed by atoms with E-state index in [1.807, 2.05) is 32.0 Å². The standard InChI is InChI=1S/C17H26N2O2/c1-13-5-3-6-16(14(13)2)17(20)19-9-4-12-21-15-7-10-18-11-8-15/h3,5-6,15,18H,4,7-12H2,1-2H3,(H,19,20). The van der Waals surface area contributed by atoms with Gasteiger partial charge in [-0.15, -0.1) is 0 Å². The van der Waals surface area contributed by atoms with Crippen LogP contribution >= 0.6 is 0 Å². The summed E-state index contributed by atoms with van der Waals surface area (Å²) in [5.41, 5.74) is 2.98. The van der Waals surface area contributed by atoms with Gasteiger partial charge in [-0.25, -0.2) is 0 Å². The van der Waals surface area contributed by atoms with Gasteiger partial charge in [-0.05, 0) is 63.4 Å². The van der Waals surface area contributed by atoms with Gasteiger partial charge < -0.3 is 15.4 Å². The Morgan fingerprint density at radius 3 is 2.86 bits per heavy atom. The van der Waals surface area contributed by atoms with Crippen LogP contribution < -0.4 is 10.6 Å². The lowest BCUT2D eigenvalue weighted by Crippen LogP contribution is -2.33. The molecule has 0 bridgehead atoms. The maximum atomic E-state index is 12.1. The molecule has 1 aromatic carbocycles. The highest BCUT2D eigenvalue weighted by atomic mass is 16.5. The lowest BCUT2D eigenvalue weighted by molar-refractivity contribution is 0.0318. The molecule has 1 aromatic rings. The van der Waals surface area contributed by atoms with Crippen LogP contribution in [0.3, 0.4) is 0 Å². The summed E-state index contributed by atoms with van der Waals surface area (Å²) in [6.45, 7) is 7.50. The van der Waals surface area contributed by atoms with E-state index in [0.29, 0.717) is 12.6 Å². The summed E-state index contributed by atoms with van der Waals surface area (Å²) in [5.74, 6) is 0.0121. The second kappa shape index (κ2) is 8.15. The van der Waals surface area contributed by atoms with Gasteiger partial charge in [0.05, 0.1) is 6.10 Å². The lowest BCUT2D eigenvalue weighted by atomic mass is 10.0. The first-order valence-corrected chi connectivity index (χ1v) is 7.85. The highest BCUT2D eigenvalue weighted by Crippen LogP contribution is 2.12. The van der Waals surface area contributed by atoms with Crippen molar-refractivity contribution in [1.29, 1.82) is 0 Å². The predicted octanol–water partition coefficient (Wildman–Crippen LogP) is 2.19. The summed E-state index contributed by atoms with van der Waals surface area (Å²) in [4.78, 5) is 12.1. The Morgan fingerprint density at radius 1 is 1.33 bits per heavy atom. The smallest absolute Gasteiger partial charge is 0.251 e. The number of benzene rings is 1. The van der Waals surface area contributed by atoms with Crippen LogP contribution in [0.4, 0.5) is 0 Å². The molecule has 1 amide bonds. The molecule has 0 aliphatic carbocycles. The Kier molecular flexibility index (Phi) is 6.21. The van der Waals surface area contributed by atoms with Gasteiger partial charge in [-0.3, -0.25) is 4.79 Å². The Morgan fingerprint density at radius 2 is 2.10 bits per heavy atom. The van der Waals surface area contributed by atoms with Gasteiger partial charge in [0.1, 0.15) is 0 Å². The van der Waals surface area contributed by atoms with E-state index in [1.165, 1.54) is 0 Å². The molecule has 0 atom stereocenters. The first kappa shape index (κ1) is 16.0. The number of nitrogens with one attached hydrogen (secondary N) is 2. The van der Waals surface area contributed by atoms with Crippen LogP contribution in [0, 0.1) is 13.8 Å². The molecular formula is C17H26N2O2. The number of carbonyl (C=O) groups is 1. The highest BCUT2D eigenvalue weighted by molar-refractivity contribution is 5.95. The maximum absolute atomic E-state index is 12.1. The van der Waals surface area contributed by atoms with E-state index in [2.05, 4.69) is 10.6 Å². The normalized spacial score (nSPS) is 15.9. The van der Waals surface area contributed by atoms with Crippen molar-refractivity contribution in [2.24, 2.45) is 0 Å². The number of carbonyl (C=O) groups excluding carboxylic acids is 1. The first-order chi connectivity index (χ1) is 10.2. The van der Waals surface area contributed by atoms with Crippen molar-refractivity contribution >= 4 is 5.91 Å². The minimum atomic E-state index is 0.0121. The summed E-state index contributed by atoms with van der Waals surface area (Å²) in [6.07, 6.45) is 3.44. The third-order valence-corrected chi connectivity index (χ3v) is 4.10. The van der Waals surface area contributed by atoms with Crippen LogP contribution in [0.2, 0.25) is 0 Å². The molecule has 0 unspecified atom stereocenters. The van der Waals surface area contributed by atoms with Crippen molar-refractivity contribution in [1.82, 2.24) is 10.6 Å². The molecule has 1 heterocycles. The Balaban J connectivity index is 1.66. The molecule has 21 heavy (non-hydrogen) atoms. The summed E-state index contributed by atoms with van der Waals surface area (Å²) in [5, 5.41) is 6.30. The Labute approximate surface area is 127 Å². The molecule has 2 N–H and O–H groups in total. The fraction of sp³-hybridized carbons (Fsp3) is 0.588. The van der Waals surface area contributed by atoms with Crippen LogP contribution in [-0.2, 0) is 4.74 Å². The molecule has 1 aliphatic rings. The third-order valence-electron chi connectivity index (χ3n) is 4.10. The zero-order valence-electron chi connectivity index (χ0n) is 13.1. The van der Waals surface area contributed by atoms with Gasteiger partial charge in [0.2, 0.25) is 0 Å². The van der Waals surface area contributed by atoms with Gasteiger partial charge in [-0.2, -0.15) is 0 Å².